The molecular formula is C18H28N2. The molecule has 1 aromatic carbocycles. The maximum absolute atomic E-state index is 2.70. The second-order valence-corrected chi connectivity index (χ2v) is 7.07. The molecule has 0 aromatic heterocycles. The Bertz CT molecular complexity index is 466. The van der Waals surface area contributed by atoms with Crippen molar-refractivity contribution in [2.75, 3.05) is 13.1 Å². The molecule has 1 saturated heterocycles. The summed E-state index contributed by atoms with van der Waals surface area (Å²) in [5, 5.41) is 0. The molecule has 2 unspecified atom stereocenters. The van der Waals surface area contributed by atoms with Crippen LogP contribution < -0.4 is 0 Å². The predicted octanol–water partition coefficient (Wildman–Crippen LogP) is 3.48. The van der Waals surface area contributed by atoms with Crippen molar-refractivity contribution in [1.29, 1.82) is 0 Å². The molecule has 20 heavy (non-hydrogen) atoms. The third-order valence-corrected chi connectivity index (χ3v) is 4.93. The summed E-state index contributed by atoms with van der Waals surface area (Å²) in [7, 11) is 0. The standard InChI is InChI=1S/C18H28N2/c1-13(2)16-7-5-6-15(10-16)12-19-8-9-20(14(3)4)18-11-17(18)19/h5-7,10,13-14,17-18H,8-9,11-12H2,1-4H3. The quantitative estimate of drug-likeness (QED) is 0.828. The van der Waals surface area contributed by atoms with Gasteiger partial charge in [0.05, 0.1) is 0 Å². The highest BCUT2D eigenvalue weighted by Gasteiger charge is 2.49. The monoisotopic (exact) mass is 272 g/mol. The van der Waals surface area contributed by atoms with Gasteiger partial charge in [0.2, 0.25) is 0 Å². The highest BCUT2D eigenvalue weighted by Crippen LogP contribution is 2.38. The van der Waals surface area contributed by atoms with Gasteiger partial charge in [-0.1, -0.05) is 38.1 Å². The first kappa shape index (κ1) is 14.1. The normalized spacial score (nSPS) is 27.1. The van der Waals surface area contributed by atoms with Gasteiger partial charge in [-0.05, 0) is 37.3 Å². The largest absolute Gasteiger partial charge is 0.295 e. The Morgan fingerprint density at radius 3 is 2.60 bits per heavy atom. The molecule has 1 aliphatic carbocycles. The molecule has 0 amide bonds. The van der Waals surface area contributed by atoms with Gasteiger partial charge in [-0.2, -0.15) is 0 Å². The minimum atomic E-state index is 0.626. The first-order valence-electron chi connectivity index (χ1n) is 8.15. The van der Waals surface area contributed by atoms with Crippen molar-refractivity contribution in [2.45, 2.75) is 64.7 Å². The minimum Gasteiger partial charge on any atom is -0.295 e. The average molecular weight is 272 g/mol. The van der Waals surface area contributed by atoms with Crippen LogP contribution in [0.2, 0.25) is 0 Å². The molecule has 1 saturated carbocycles. The molecule has 1 heterocycles. The molecule has 0 spiro atoms. The average Bonchev–Trinajstić information content (AvgIpc) is 3.19. The lowest BCUT2D eigenvalue weighted by Crippen LogP contribution is -2.48. The first-order valence-corrected chi connectivity index (χ1v) is 8.15. The Balaban J connectivity index is 1.64. The lowest BCUT2D eigenvalue weighted by molar-refractivity contribution is 0.0998. The second kappa shape index (κ2) is 5.50. The molecule has 0 bridgehead atoms. The van der Waals surface area contributed by atoms with E-state index in [0.717, 1.165) is 18.6 Å². The van der Waals surface area contributed by atoms with Crippen LogP contribution in [0.15, 0.2) is 24.3 Å². The molecule has 0 radical (unpaired) electrons. The van der Waals surface area contributed by atoms with E-state index in [1.165, 1.54) is 30.6 Å². The van der Waals surface area contributed by atoms with Crippen LogP contribution in [0.4, 0.5) is 0 Å². The summed E-state index contributed by atoms with van der Waals surface area (Å²) in [6.45, 7) is 12.8. The maximum Gasteiger partial charge on any atom is 0.0271 e. The summed E-state index contributed by atoms with van der Waals surface area (Å²) >= 11 is 0. The van der Waals surface area contributed by atoms with E-state index in [1.54, 1.807) is 0 Å². The zero-order chi connectivity index (χ0) is 14.3. The number of hydrogen-bond acceptors (Lipinski definition) is 2. The molecule has 3 rings (SSSR count). The van der Waals surface area contributed by atoms with Crippen LogP contribution in [-0.4, -0.2) is 41.0 Å². The van der Waals surface area contributed by atoms with Crippen molar-refractivity contribution in [2.24, 2.45) is 0 Å². The maximum atomic E-state index is 2.70. The van der Waals surface area contributed by atoms with Crippen molar-refractivity contribution in [3.05, 3.63) is 35.4 Å². The third kappa shape index (κ3) is 2.77. The predicted molar refractivity (Wildman–Crippen MR) is 85.0 cm³/mol. The van der Waals surface area contributed by atoms with Crippen LogP contribution in [0, 0.1) is 0 Å². The highest BCUT2D eigenvalue weighted by molar-refractivity contribution is 5.26. The molecule has 2 nitrogen and oxygen atoms in total. The molecule has 2 heteroatoms. The van der Waals surface area contributed by atoms with Crippen molar-refractivity contribution in [3.8, 4) is 0 Å². The van der Waals surface area contributed by atoms with E-state index in [0.29, 0.717) is 12.0 Å². The van der Waals surface area contributed by atoms with Gasteiger partial charge in [-0.3, -0.25) is 9.80 Å². The minimum absolute atomic E-state index is 0.626. The molecule has 110 valence electrons. The molecule has 2 fully saturated rings. The van der Waals surface area contributed by atoms with E-state index in [2.05, 4.69) is 61.8 Å². The highest BCUT2D eigenvalue weighted by atomic mass is 15.4. The van der Waals surface area contributed by atoms with Crippen LogP contribution in [0.25, 0.3) is 0 Å². The fourth-order valence-electron chi connectivity index (χ4n) is 3.62. The van der Waals surface area contributed by atoms with Gasteiger partial charge in [-0.15, -0.1) is 0 Å². The lowest BCUT2D eigenvalue weighted by atomic mass is 10.0. The van der Waals surface area contributed by atoms with E-state index in [9.17, 15) is 0 Å². The van der Waals surface area contributed by atoms with Gasteiger partial charge in [0.15, 0.2) is 0 Å². The molecule has 2 aliphatic rings. The second-order valence-electron chi connectivity index (χ2n) is 7.07. The summed E-state index contributed by atoms with van der Waals surface area (Å²) < 4.78 is 0. The van der Waals surface area contributed by atoms with Crippen LogP contribution in [-0.2, 0) is 6.54 Å². The van der Waals surface area contributed by atoms with E-state index in [4.69, 9.17) is 0 Å². The lowest BCUT2D eigenvalue weighted by Gasteiger charge is -2.36. The molecule has 1 aromatic rings. The molecule has 1 aliphatic heterocycles. The van der Waals surface area contributed by atoms with Crippen molar-refractivity contribution >= 4 is 0 Å². The van der Waals surface area contributed by atoms with Gasteiger partial charge in [0, 0.05) is 37.8 Å². The van der Waals surface area contributed by atoms with Gasteiger partial charge in [-0.25, -0.2) is 0 Å². The van der Waals surface area contributed by atoms with Crippen LogP contribution in [0.3, 0.4) is 0 Å². The number of benzene rings is 1. The molecular weight excluding hydrogens is 244 g/mol. The number of nitrogens with zero attached hydrogens (tertiary/aromatic N) is 2. The Kier molecular flexibility index (Phi) is 3.87. The summed E-state index contributed by atoms with van der Waals surface area (Å²) in [5.74, 6) is 0.626. The smallest absolute Gasteiger partial charge is 0.0271 e. The van der Waals surface area contributed by atoms with Crippen molar-refractivity contribution in [1.82, 2.24) is 9.80 Å². The van der Waals surface area contributed by atoms with Gasteiger partial charge in [0.1, 0.15) is 0 Å². The van der Waals surface area contributed by atoms with Crippen LogP contribution in [0.1, 0.15) is 51.2 Å². The van der Waals surface area contributed by atoms with Crippen LogP contribution >= 0.6 is 0 Å². The summed E-state index contributed by atoms with van der Waals surface area (Å²) in [4.78, 5) is 5.38. The third-order valence-electron chi connectivity index (χ3n) is 4.93. The Morgan fingerprint density at radius 2 is 1.90 bits per heavy atom. The number of hydrogen-bond donors (Lipinski definition) is 0. The Labute approximate surface area is 123 Å². The number of piperazine rings is 1. The first-order chi connectivity index (χ1) is 9.56. The van der Waals surface area contributed by atoms with Crippen molar-refractivity contribution in [3.63, 3.8) is 0 Å². The summed E-state index contributed by atoms with van der Waals surface area (Å²) in [6.07, 6.45) is 1.38. The SMILES string of the molecule is CC(C)c1cccc(CN2CCN(C(C)C)C3CC32)c1. The van der Waals surface area contributed by atoms with Gasteiger partial charge < -0.3 is 0 Å². The fourth-order valence-corrected chi connectivity index (χ4v) is 3.62. The van der Waals surface area contributed by atoms with Crippen molar-refractivity contribution < 1.29 is 0 Å². The van der Waals surface area contributed by atoms with E-state index in [-0.39, 0.29) is 0 Å². The Morgan fingerprint density at radius 1 is 1.10 bits per heavy atom. The number of fused-ring (bicyclic) bond motifs is 1. The van der Waals surface area contributed by atoms with Gasteiger partial charge >= 0.3 is 0 Å². The summed E-state index contributed by atoms with van der Waals surface area (Å²) in [5.41, 5.74) is 2.95. The van der Waals surface area contributed by atoms with E-state index < -0.39 is 0 Å². The zero-order valence-electron chi connectivity index (χ0n) is 13.3. The Hall–Kier alpha value is -0.860. The van der Waals surface area contributed by atoms with Gasteiger partial charge in [0.25, 0.3) is 0 Å². The zero-order valence-corrected chi connectivity index (χ0v) is 13.3. The van der Waals surface area contributed by atoms with E-state index >= 15 is 0 Å². The molecule has 0 N–H and O–H groups in total. The number of rotatable bonds is 4. The van der Waals surface area contributed by atoms with E-state index in [1.807, 2.05) is 0 Å². The topological polar surface area (TPSA) is 6.48 Å². The molecule has 2 atom stereocenters. The fraction of sp³-hybridized carbons (Fsp3) is 0.667. The van der Waals surface area contributed by atoms with Crippen LogP contribution in [0.5, 0.6) is 0 Å². The summed E-state index contributed by atoms with van der Waals surface area (Å²) in [6, 6.07) is 11.5.